The van der Waals surface area contributed by atoms with E-state index in [4.69, 9.17) is 9.52 Å². The number of hydrogen-bond acceptors (Lipinski definition) is 7. The first-order valence-corrected chi connectivity index (χ1v) is 16.3. The molecule has 4 rings (SSSR count). The van der Waals surface area contributed by atoms with Crippen molar-refractivity contribution in [3.05, 3.63) is 107 Å². The smallest absolute Gasteiger partial charge is 0.449 e. The summed E-state index contributed by atoms with van der Waals surface area (Å²) in [4.78, 5) is 22.2. The normalized spacial score (nSPS) is 12.4. The molecule has 0 radical (unpaired) electrons. The first kappa shape index (κ1) is 33.6. The van der Waals surface area contributed by atoms with Crippen LogP contribution in [0.1, 0.15) is 33.8 Å². The molecule has 0 aliphatic rings. The maximum absolute atomic E-state index is 14.0. The minimum Gasteiger partial charge on any atom is -0.475 e. The van der Waals surface area contributed by atoms with Gasteiger partial charge in [0.05, 0.1) is 9.79 Å². The Morgan fingerprint density at radius 3 is 2.02 bits per heavy atom. The Labute approximate surface area is 257 Å². The summed E-state index contributed by atoms with van der Waals surface area (Å²) in [5, 5.41) is 6.89. The molecule has 14 heteroatoms. The van der Waals surface area contributed by atoms with Gasteiger partial charge >= 0.3 is 17.3 Å². The highest BCUT2D eigenvalue weighted by molar-refractivity contribution is 8.08. The van der Waals surface area contributed by atoms with E-state index in [0.29, 0.717) is 27.8 Å². The van der Waals surface area contributed by atoms with Gasteiger partial charge in [-0.05, 0) is 72.9 Å². The SMILES string of the molecule is Cc1cc(C)c(S(=O)(=O)N(CCc2ccc(C(F)(F)F)o2)Cc2ccc(-c3cccc(S(=O)(=O)C(=O)C(=O)O)c3)cc2)c(C)c1. The number of hydrogen-bond donors (Lipinski definition) is 1. The highest BCUT2D eigenvalue weighted by Crippen LogP contribution is 2.32. The van der Waals surface area contributed by atoms with Crippen LogP contribution in [0.3, 0.4) is 0 Å². The fourth-order valence-corrected chi connectivity index (χ4v) is 7.78. The fourth-order valence-electron chi connectivity index (χ4n) is 4.96. The van der Waals surface area contributed by atoms with Crippen LogP contribution >= 0.6 is 0 Å². The van der Waals surface area contributed by atoms with Crippen molar-refractivity contribution in [2.75, 3.05) is 6.54 Å². The topological polar surface area (TPSA) is 139 Å². The fraction of sp³-hybridized carbons (Fsp3) is 0.226. The predicted octanol–water partition coefficient (Wildman–Crippen LogP) is 5.71. The summed E-state index contributed by atoms with van der Waals surface area (Å²) in [6.45, 7) is 4.82. The van der Waals surface area contributed by atoms with Gasteiger partial charge in [0.1, 0.15) is 5.76 Å². The number of carboxylic acids is 1. The molecule has 0 unspecified atom stereocenters. The van der Waals surface area contributed by atoms with Crippen molar-refractivity contribution < 1.29 is 49.1 Å². The van der Waals surface area contributed by atoms with Crippen LogP contribution in [0.5, 0.6) is 0 Å². The van der Waals surface area contributed by atoms with Gasteiger partial charge in [-0.25, -0.2) is 21.6 Å². The van der Waals surface area contributed by atoms with Crippen molar-refractivity contribution in [2.24, 2.45) is 0 Å². The molecule has 0 spiro atoms. The number of furan rings is 1. The second-order valence-corrected chi connectivity index (χ2v) is 14.1. The van der Waals surface area contributed by atoms with E-state index in [0.717, 1.165) is 34.1 Å². The third-order valence-electron chi connectivity index (χ3n) is 6.96. The standard InChI is InChI=1S/C31H28F3NO8S2/c1-19-15-20(2)28(21(3)16-19)45(41,42)35(14-13-25-11-12-27(43-25)31(32,33)34)18-22-7-9-23(10-8-22)24-5-4-6-26(17-24)44(39,40)30(38)29(36)37/h4-12,15-17H,13-14,18H2,1-3H3,(H,36,37). The molecule has 0 atom stereocenters. The molecule has 45 heavy (non-hydrogen) atoms. The van der Waals surface area contributed by atoms with Crippen molar-refractivity contribution in [1.82, 2.24) is 4.31 Å². The highest BCUT2D eigenvalue weighted by atomic mass is 32.2. The van der Waals surface area contributed by atoms with Gasteiger partial charge in [-0.1, -0.05) is 54.1 Å². The Morgan fingerprint density at radius 1 is 0.844 bits per heavy atom. The number of sulfonamides is 1. The Hall–Kier alpha value is -4.27. The lowest BCUT2D eigenvalue weighted by Gasteiger charge is -2.24. The minimum atomic E-state index is -4.76. The van der Waals surface area contributed by atoms with E-state index < -0.39 is 47.8 Å². The van der Waals surface area contributed by atoms with E-state index in [9.17, 15) is 39.6 Å². The number of nitrogens with zero attached hydrogens (tertiary/aromatic N) is 1. The van der Waals surface area contributed by atoms with E-state index in [1.807, 2.05) is 6.92 Å². The molecule has 1 aromatic heterocycles. The molecule has 0 fully saturated rings. The van der Waals surface area contributed by atoms with Crippen LogP contribution in [0.25, 0.3) is 11.1 Å². The molecule has 0 aliphatic carbocycles. The molecular weight excluding hydrogens is 635 g/mol. The number of rotatable bonds is 9. The summed E-state index contributed by atoms with van der Waals surface area (Å²) < 4.78 is 97.9. The maximum Gasteiger partial charge on any atom is 0.449 e. The zero-order chi connectivity index (χ0) is 33.3. The second-order valence-electron chi connectivity index (χ2n) is 10.4. The van der Waals surface area contributed by atoms with Crippen LogP contribution in [-0.2, 0) is 48.6 Å². The van der Waals surface area contributed by atoms with E-state index in [1.165, 1.54) is 6.07 Å². The van der Waals surface area contributed by atoms with Gasteiger partial charge in [0.15, 0.2) is 0 Å². The molecule has 4 aromatic rings. The minimum absolute atomic E-state index is 0.0357. The Balaban J connectivity index is 1.66. The molecule has 3 aromatic carbocycles. The first-order valence-electron chi connectivity index (χ1n) is 13.4. The second kappa shape index (κ2) is 12.6. The molecule has 1 heterocycles. The van der Waals surface area contributed by atoms with Crippen molar-refractivity contribution in [1.29, 1.82) is 0 Å². The molecular formula is C31H28F3NO8S2. The summed E-state index contributed by atoms with van der Waals surface area (Å²) in [6.07, 6.45) is -4.81. The number of aliphatic carboxylic acids is 1. The summed E-state index contributed by atoms with van der Waals surface area (Å²) in [7, 11) is -8.91. The van der Waals surface area contributed by atoms with Crippen LogP contribution in [0.4, 0.5) is 13.2 Å². The largest absolute Gasteiger partial charge is 0.475 e. The number of aryl methyl sites for hydroxylation is 3. The Kier molecular flexibility index (Phi) is 9.43. The number of carboxylic acid groups (broad SMARTS) is 1. The van der Waals surface area contributed by atoms with E-state index in [1.54, 1.807) is 56.3 Å². The number of sulfone groups is 1. The number of alkyl halides is 3. The van der Waals surface area contributed by atoms with Crippen molar-refractivity contribution in [3.63, 3.8) is 0 Å². The van der Waals surface area contributed by atoms with E-state index in [-0.39, 0.29) is 30.2 Å². The van der Waals surface area contributed by atoms with E-state index >= 15 is 0 Å². The van der Waals surface area contributed by atoms with Crippen LogP contribution < -0.4 is 0 Å². The lowest BCUT2D eigenvalue weighted by Crippen LogP contribution is -2.33. The molecule has 238 valence electrons. The Bertz CT molecular complexity index is 1960. The monoisotopic (exact) mass is 663 g/mol. The molecule has 0 bridgehead atoms. The first-order chi connectivity index (χ1) is 20.9. The Morgan fingerprint density at radius 2 is 1.47 bits per heavy atom. The van der Waals surface area contributed by atoms with E-state index in [2.05, 4.69) is 0 Å². The highest BCUT2D eigenvalue weighted by Gasteiger charge is 2.35. The van der Waals surface area contributed by atoms with Gasteiger partial charge in [0.25, 0.3) is 9.84 Å². The molecule has 1 N–H and O–H groups in total. The van der Waals surface area contributed by atoms with Gasteiger partial charge in [-0.3, -0.25) is 4.79 Å². The third kappa shape index (κ3) is 7.35. The average molecular weight is 664 g/mol. The molecule has 0 saturated carbocycles. The number of carbonyl (C=O) groups is 2. The quantitative estimate of drug-likeness (QED) is 0.225. The summed E-state index contributed by atoms with van der Waals surface area (Å²) >= 11 is 0. The number of benzene rings is 3. The lowest BCUT2D eigenvalue weighted by molar-refractivity contribution is -0.153. The van der Waals surface area contributed by atoms with Crippen molar-refractivity contribution >= 4 is 30.9 Å². The van der Waals surface area contributed by atoms with Gasteiger partial charge in [-0.2, -0.15) is 17.5 Å². The van der Waals surface area contributed by atoms with Crippen LogP contribution in [0, 0.1) is 20.8 Å². The molecule has 0 aliphatic heterocycles. The summed E-state index contributed by atoms with van der Waals surface area (Å²) in [5.74, 6) is -3.32. The van der Waals surface area contributed by atoms with Gasteiger partial charge in [-0.15, -0.1) is 0 Å². The zero-order valence-electron chi connectivity index (χ0n) is 24.3. The zero-order valence-corrected chi connectivity index (χ0v) is 25.9. The maximum atomic E-state index is 14.0. The van der Waals surface area contributed by atoms with Crippen LogP contribution in [0.15, 0.2) is 87.0 Å². The average Bonchev–Trinajstić information content (AvgIpc) is 3.44. The summed E-state index contributed by atoms with van der Waals surface area (Å²) in [5.41, 5.74) is 3.27. The molecule has 0 saturated heterocycles. The molecule has 0 amide bonds. The van der Waals surface area contributed by atoms with Gasteiger partial charge in [0, 0.05) is 19.5 Å². The van der Waals surface area contributed by atoms with Crippen molar-refractivity contribution in [3.8, 4) is 11.1 Å². The van der Waals surface area contributed by atoms with Gasteiger partial charge in [0.2, 0.25) is 15.8 Å². The third-order valence-corrected chi connectivity index (χ3v) is 10.6. The van der Waals surface area contributed by atoms with Gasteiger partial charge < -0.3 is 9.52 Å². The number of carbonyl (C=O) groups excluding carboxylic acids is 1. The van der Waals surface area contributed by atoms with Crippen LogP contribution in [-0.4, -0.2) is 43.9 Å². The predicted molar refractivity (Wildman–Crippen MR) is 157 cm³/mol. The summed E-state index contributed by atoms with van der Waals surface area (Å²) in [6, 6.07) is 17.0. The van der Waals surface area contributed by atoms with Crippen molar-refractivity contribution in [2.45, 2.75) is 49.7 Å². The number of halogens is 3. The molecule has 9 nitrogen and oxygen atoms in total. The van der Waals surface area contributed by atoms with Crippen LogP contribution in [0.2, 0.25) is 0 Å². The lowest BCUT2D eigenvalue weighted by atomic mass is 10.0.